The van der Waals surface area contributed by atoms with Crippen LogP contribution in [0.1, 0.15) is 38.6 Å². The quantitative estimate of drug-likeness (QED) is 0.898. The fourth-order valence-electron chi connectivity index (χ4n) is 2.68. The Kier molecular flexibility index (Phi) is 2.73. The van der Waals surface area contributed by atoms with Crippen molar-refractivity contribution < 1.29 is 4.39 Å². The summed E-state index contributed by atoms with van der Waals surface area (Å²) in [7, 11) is 0. The number of para-hydroxylation sites is 1. The van der Waals surface area contributed by atoms with Gasteiger partial charge in [0.1, 0.15) is 5.52 Å². The Hall–Kier alpha value is -1.58. The number of halogens is 1. The van der Waals surface area contributed by atoms with E-state index in [9.17, 15) is 4.39 Å². The first-order chi connectivity index (χ1) is 8.70. The fraction of sp³-hybridized carbons (Fsp3) is 0.500. The molecule has 2 aromatic rings. The van der Waals surface area contributed by atoms with E-state index in [1.807, 2.05) is 10.6 Å². The van der Waals surface area contributed by atoms with Crippen LogP contribution in [0.5, 0.6) is 0 Å². The molecular weight excluding hydrogens is 229 g/mol. The lowest BCUT2D eigenvalue weighted by molar-refractivity contribution is 0.442. The maximum atomic E-state index is 13.7. The monoisotopic (exact) mass is 247 g/mol. The van der Waals surface area contributed by atoms with Gasteiger partial charge < -0.3 is 10.3 Å². The molecule has 1 unspecified atom stereocenters. The molecule has 1 saturated carbocycles. The van der Waals surface area contributed by atoms with E-state index in [0.29, 0.717) is 17.5 Å². The second-order valence-electron chi connectivity index (χ2n) is 5.19. The second kappa shape index (κ2) is 4.26. The number of benzene rings is 1. The van der Waals surface area contributed by atoms with Gasteiger partial charge in [-0.15, -0.1) is 0 Å². The number of rotatable bonds is 4. The number of anilines is 1. The summed E-state index contributed by atoms with van der Waals surface area (Å²) < 4.78 is 15.7. The molecule has 1 atom stereocenters. The molecule has 96 valence electrons. The van der Waals surface area contributed by atoms with Gasteiger partial charge in [-0.3, -0.25) is 0 Å². The fourth-order valence-corrected chi connectivity index (χ4v) is 2.68. The highest BCUT2D eigenvalue weighted by atomic mass is 19.1. The predicted octanol–water partition coefficient (Wildman–Crippen LogP) is 3.51. The van der Waals surface area contributed by atoms with Crippen LogP contribution >= 0.6 is 0 Å². The lowest BCUT2D eigenvalue weighted by atomic mass is 10.1. The summed E-state index contributed by atoms with van der Waals surface area (Å²) in [5, 5.41) is 0. The molecular formula is C14H18FN3. The Morgan fingerprint density at radius 3 is 2.94 bits per heavy atom. The second-order valence-corrected chi connectivity index (χ2v) is 5.19. The molecule has 4 heteroatoms. The van der Waals surface area contributed by atoms with Crippen molar-refractivity contribution in [3.63, 3.8) is 0 Å². The normalized spacial score (nSPS) is 17.2. The molecule has 18 heavy (non-hydrogen) atoms. The number of nitrogens with zero attached hydrogens (tertiary/aromatic N) is 2. The van der Waals surface area contributed by atoms with E-state index in [2.05, 4.69) is 11.9 Å². The molecule has 0 spiro atoms. The van der Waals surface area contributed by atoms with Crippen molar-refractivity contribution in [3.05, 3.63) is 24.0 Å². The summed E-state index contributed by atoms with van der Waals surface area (Å²) in [5.41, 5.74) is 7.19. The van der Waals surface area contributed by atoms with Gasteiger partial charge in [0.25, 0.3) is 0 Å². The molecule has 0 aliphatic heterocycles. The van der Waals surface area contributed by atoms with Gasteiger partial charge in [0, 0.05) is 6.04 Å². The zero-order chi connectivity index (χ0) is 12.7. The molecule has 2 N–H and O–H groups in total. The van der Waals surface area contributed by atoms with Crippen LogP contribution < -0.4 is 5.73 Å². The first-order valence-corrected chi connectivity index (χ1v) is 6.62. The van der Waals surface area contributed by atoms with Crippen molar-refractivity contribution in [3.8, 4) is 0 Å². The number of hydrogen-bond acceptors (Lipinski definition) is 2. The first kappa shape index (κ1) is 11.5. The molecule has 0 radical (unpaired) electrons. The zero-order valence-electron chi connectivity index (χ0n) is 10.6. The van der Waals surface area contributed by atoms with E-state index in [1.54, 1.807) is 6.07 Å². The van der Waals surface area contributed by atoms with E-state index in [0.717, 1.165) is 24.3 Å². The molecule has 0 saturated heterocycles. The maximum Gasteiger partial charge on any atom is 0.201 e. The average Bonchev–Trinajstić information content (AvgIpc) is 3.10. The van der Waals surface area contributed by atoms with Crippen LogP contribution in [0.25, 0.3) is 11.0 Å². The number of imidazole rings is 1. The molecule has 0 bridgehead atoms. The average molecular weight is 247 g/mol. The van der Waals surface area contributed by atoms with Crippen molar-refractivity contribution >= 4 is 17.0 Å². The molecule has 3 nitrogen and oxygen atoms in total. The number of fused-ring (bicyclic) bond motifs is 1. The van der Waals surface area contributed by atoms with E-state index >= 15 is 0 Å². The van der Waals surface area contributed by atoms with Gasteiger partial charge in [-0.05, 0) is 30.9 Å². The lowest BCUT2D eigenvalue weighted by Crippen LogP contribution is -2.12. The highest BCUT2D eigenvalue weighted by molar-refractivity contribution is 5.79. The van der Waals surface area contributed by atoms with E-state index in [4.69, 9.17) is 5.73 Å². The Balaban J connectivity index is 2.08. The van der Waals surface area contributed by atoms with Crippen LogP contribution in [0.2, 0.25) is 0 Å². The zero-order valence-corrected chi connectivity index (χ0v) is 10.6. The maximum absolute atomic E-state index is 13.7. The van der Waals surface area contributed by atoms with Crippen LogP contribution in [0, 0.1) is 11.7 Å². The van der Waals surface area contributed by atoms with Crippen LogP contribution in [-0.2, 0) is 0 Å². The highest BCUT2D eigenvalue weighted by Crippen LogP contribution is 2.39. The predicted molar refractivity (Wildman–Crippen MR) is 70.8 cm³/mol. The largest absolute Gasteiger partial charge is 0.369 e. The van der Waals surface area contributed by atoms with Crippen molar-refractivity contribution in [2.75, 3.05) is 5.73 Å². The Labute approximate surface area is 106 Å². The molecule has 3 rings (SSSR count). The minimum absolute atomic E-state index is 0.292. The van der Waals surface area contributed by atoms with Crippen LogP contribution in [-0.4, -0.2) is 9.55 Å². The topological polar surface area (TPSA) is 43.8 Å². The number of nitrogens with two attached hydrogens (primary N) is 1. The Morgan fingerprint density at radius 2 is 2.28 bits per heavy atom. The van der Waals surface area contributed by atoms with Gasteiger partial charge in [-0.2, -0.15) is 0 Å². The summed E-state index contributed by atoms with van der Waals surface area (Å²) in [6, 6.07) is 5.39. The molecule has 1 heterocycles. The number of aromatic nitrogens is 2. The third-order valence-electron chi connectivity index (χ3n) is 3.84. The first-order valence-electron chi connectivity index (χ1n) is 6.62. The van der Waals surface area contributed by atoms with Crippen molar-refractivity contribution in [2.45, 2.75) is 38.6 Å². The van der Waals surface area contributed by atoms with Gasteiger partial charge in [0.05, 0.1) is 5.52 Å². The third-order valence-corrected chi connectivity index (χ3v) is 3.84. The molecule has 1 aromatic carbocycles. The van der Waals surface area contributed by atoms with E-state index < -0.39 is 0 Å². The Morgan fingerprint density at radius 1 is 1.50 bits per heavy atom. The minimum Gasteiger partial charge on any atom is -0.369 e. The van der Waals surface area contributed by atoms with E-state index in [-0.39, 0.29) is 5.82 Å². The summed E-state index contributed by atoms with van der Waals surface area (Å²) in [6.07, 6.45) is 4.76. The standard InChI is InChI=1S/C14H18FN3/c1-2-10(8-9-6-7-9)18-12-5-3-4-11(15)13(12)17-14(18)16/h3-5,9-10H,2,6-8H2,1H3,(H2,16,17). The summed E-state index contributed by atoms with van der Waals surface area (Å²) in [4.78, 5) is 4.17. The van der Waals surface area contributed by atoms with Crippen LogP contribution in [0.3, 0.4) is 0 Å². The van der Waals surface area contributed by atoms with Crippen molar-refractivity contribution in [1.82, 2.24) is 9.55 Å². The van der Waals surface area contributed by atoms with Gasteiger partial charge in [-0.1, -0.05) is 25.8 Å². The Bertz CT molecular complexity index is 572. The SMILES string of the molecule is CCC(CC1CC1)n1c(N)nc2c(F)cccc21. The molecule has 1 aromatic heterocycles. The lowest BCUT2D eigenvalue weighted by Gasteiger charge is -2.18. The molecule has 1 aliphatic carbocycles. The van der Waals surface area contributed by atoms with E-state index in [1.165, 1.54) is 18.9 Å². The third kappa shape index (κ3) is 1.85. The van der Waals surface area contributed by atoms with Crippen molar-refractivity contribution in [2.24, 2.45) is 5.92 Å². The summed E-state index contributed by atoms with van der Waals surface area (Å²) in [6.45, 7) is 2.15. The van der Waals surface area contributed by atoms with Gasteiger partial charge in [0.2, 0.25) is 5.95 Å². The number of nitrogen functional groups attached to an aromatic ring is 1. The smallest absolute Gasteiger partial charge is 0.201 e. The van der Waals surface area contributed by atoms with Gasteiger partial charge >= 0.3 is 0 Å². The minimum atomic E-state index is -0.292. The molecule has 1 fully saturated rings. The summed E-state index contributed by atoms with van der Waals surface area (Å²) in [5.74, 6) is 0.960. The molecule has 0 amide bonds. The van der Waals surface area contributed by atoms with Crippen molar-refractivity contribution in [1.29, 1.82) is 0 Å². The van der Waals surface area contributed by atoms with Crippen LogP contribution in [0.4, 0.5) is 10.3 Å². The van der Waals surface area contributed by atoms with Crippen LogP contribution in [0.15, 0.2) is 18.2 Å². The highest BCUT2D eigenvalue weighted by Gasteiger charge is 2.27. The van der Waals surface area contributed by atoms with Gasteiger partial charge in [-0.25, -0.2) is 9.37 Å². The van der Waals surface area contributed by atoms with Gasteiger partial charge in [0.15, 0.2) is 5.82 Å². The summed E-state index contributed by atoms with van der Waals surface area (Å²) >= 11 is 0. The molecule has 1 aliphatic rings. The number of hydrogen-bond donors (Lipinski definition) is 1.